The summed E-state index contributed by atoms with van der Waals surface area (Å²) in [6, 6.07) is 0.163. The van der Waals surface area contributed by atoms with Crippen molar-refractivity contribution in [3.63, 3.8) is 0 Å². The van der Waals surface area contributed by atoms with E-state index in [1.807, 2.05) is 0 Å². The normalized spacial score (nSPS) is 26.9. The molecule has 2 N–H and O–H groups in total. The number of aliphatic imine (C=N–C) groups is 1. The minimum Gasteiger partial charge on any atom is -0.370 e. The molecular weight excluding hydrogens is 316 g/mol. The summed E-state index contributed by atoms with van der Waals surface area (Å²) in [7, 11) is 0. The average Bonchev–Trinajstić information content (AvgIpc) is 3.35. The van der Waals surface area contributed by atoms with Crippen molar-refractivity contribution in [2.45, 2.75) is 25.3 Å². The molecule has 0 aromatic rings. The van der Waals surface area contributed by atoms with Crippen LogP contribution in [0.3, 0.4) is 0 Å². The molecule has 3 fully saturated rings. The Morgan fingerprint density at radius 2 is 2.09 bits per heavy atom. The van der Waals surface area contributed by atoms with Gasteiger partial charge in [-0.2, -0.15) is 0 Å². The second-order valence-electron chi connectivity index (χ2n) is 6.23. The van der Waals surface area contributed by atoms with Gasteiger partial charge in [-0.25, -0.2) is 0 Å². The van der Waals surface area contributed by atoms with Gasteiger partial charge in [-0.05, 0) is 25.1 Å². The molecule has 8 heteroatoms. The maximum Gasteiger partial charge on any atom is 0.247 e. The quantitative estimate of drug-likeness (QED) is 0.264. The van der Waals surface area contributed by atoms with E-state index in [1.165, 1.54) is 11.1 Å². The maximum atomic E-state index is 12.4. The van der Waals surface area contributed by atoms with Gasteiger partial charge in [0, 0.05) is 25.2 Å². The van der Waals surface area contributed by atoms with Crippen LogP contribution in [0, 0.1) is 5.92 Å². The number of hydrogen-bond acceptors (Lipinski definition) is 5. The standard InChI is InChI=1S/C15H22N4O3S/c20-13-12(14(21)19(11-2-3-11)15(23)17-13)10-16-4-1-5-18-6-8-22-9-7-18/h10-12H,1-9H2,(H,17,20,23)/p+1/t12-/m1/s1. The third-order valence-corrected chi connectivity index (χ3v) is 4.72. The van der Waals surface area contributed by atoms with Gasteiger partial charge in [0.2, 0.25) is 11.8 Å². The number of rotatable bonds is 6. The van der Waals surface area contributed by atoms with E-state index in [0.29, 0.717) is 6.54 Å². The van der Waals surface area contributed by atoms with Crippen molar-refractivity contribution in [3.8, 4) is 0 Å². The molecule has 1 saturated carbocycles. The van der Waals surface area contributed by atoms with Crippen LogP contribution < -0.4 is 10.2 Å². The van der Waals surface area contributed by atoms with Gasteiger partial charge < -0.3 is 15.0 Å². The third kappa shape index (κ3) is 4.13. The van der Waals surface area contributed by atoms with Crippen molar-refractivity contribution in [2.75, 3.05) is 39.4 Å². The number of ether oxygens (including phenoxy) is 1. The molecule has 1 aliphatic carbocycles. The number of morpholine rings is 1. The van der Waals surface area contributed by atoms with Gasteiger partial charge in [-0.3, -0.25) is 19.5 Å². The predicted octanol–water partition coefficient (Wildman–Crippen LogP) is -1.62. The van der Waals surface area contributed by atoms with E-state index in [9.17, 15) is 9.59 Å². The highest BCUT2D eigenvalue weighted by Crippen LogP contribution is 2.29. The average molecular weight is 339 g/mol. The van der Waals surface area contributed by atoms with Crippen molar-refractivity contribution in [1.29, 1.82) is 0 Å². The van der Waals surface area contributed by atoms with Crippen LogP contribution in [0.15, 0.2) is 4.99 Å². The van der Waals surface area contributed by atoms with Gasteiger partial charge in [0.25, 0.3) is 0 Å². The lowest BCUT2D eigenvalue weighted by molar-refractivity contribution is -0.908. The molecule has 2 aliphatic heterocycles. The van der Waals surface area contributed by atoms with E-state index in [-0.39, 0.29) is 23.0 Å². The molecule has 0 aromatic heterocycles. The number of nitrogens with zero attached hydrogens (tertiary/aromatic N) is 2. The number of hydrogen-bond donors (Lipinski definition) is 2. The number of carbonyl (C=O) groups is 2. The van der Waals surface area contributed by atoms with Crippen LogP contribution in [-0.4, -0.2) is 73.5 Å². The Kier molecular flexibility index (Phi) is 5.34. The second kappa shape index (κ2) is 7.46. The van der Waals surface area contributed by atoms with Crippen LogP contribution in [0.2, 0.25) is 0 Å². The molecule has 0 radical (unpaired) electrons. The fourth-order valence-electron chi connectivity index (χ4n) is 2.93. The molecule has 0 unspecified atom stereocenters. The van der Waals surface area contributed by atoms with E-state index in [0.717, 1.165) is 52.1 Å². The monoisotopic (exact) mass is 339 g/mol. The molecule has 3 rings (SSSR count). The highest BCUT2D eigenvalue weighted by atomic mass is 32.1. The second-order valence-corrected chi connectivity index (χ2v) is 6.62. The highest BCUT2D eigenvalue weighted by molar-refractivity contribution is 7.80. The molecule has 1 atom stereocenters. The van der Waals surface area contributed by atoms with Crippen molar-refractivity contribution in [2.24, 2.45) is 10.9 Å². The molecular formula is C15H23N4O3S+. The zero-order valence-corrected chi connectivity index (χ0v) is 13.9. The highest BCUT2D eigenvalue weighted by Gasteiger charge is 2.44. The Morgan fingerprint density at radius 1 is 1.35 bits per heavy atom. The molecule has 7 nitrogen and oxygen atoms in total. The summed E-state index contributed by atoms with van der Waals surface area (Å²) >= 11 is 5.09. The number of nitrogens with one attached hydrogen (secondary N) is 2. The first-order valence-electron chi connectivity index (χ1n) is 8.26. The van der Waals surface area contributed by atoms with Crippen LogP contribution in [-0.2, 0) is 14.3 Å². The number of quaternary nitrogens is 1. The van der Waals surface area contributed by atoms with Gasteiger partial charge in [0.1, 0.15) is 13.1 Å². The van der Waals surface area contributed by atoms with Gasteiger partial charge in [-0.1, -0.05) is 0 Å². The first kappa shape index (κ1) is 16.5. The van der Waals surface area contributed by atoms with Crippen LogP contribution in [0.4, 0.5) is 0 Å². The van der Waals surface area contributed by atoms with Crippen molar-refractivity contribution in [3.05, 3.63) is 0 Å². The van der Waals surface area contributed by atoms with Crippen molar-refractivity contribution >= 4 is 35.4 Å². The Hall–Kier alpha value is -1.38. The number of carbonyl (C=O) groups excluding carboxylic acids is 2. The summed E-state index contributed by atoms with van der Waals surface area (Å²) in [5.41, 5.74) is 0. The zero-order chi connectivity index (χ0) is 16.2. The van der Waals surface area contributed by atoms with Crippen LogP contribution >= 0.6 is 12.2 Å². The van der Waals surface area contributed by atoms with Crippen LogP contribution in [0.5, 0.6) is 0 Å². The van der Waals surface area contributed by atoms with Crippen molar-refractivity contribution in [1.82, 2.24) is 10.2 Å². The van der Waals surface area contributed by atoms with Crippen molar-refractivity contribution < 1.29 is 19.2 Å². The fraction of sp³-hybridized carbons (Fsp3) is 0.733. The molecule has 2 amide bonds. The minimum absolute atomic E-state index is 0.163. The fourth-order valence-corrected chi connectivity index (χ4v) is 3.27. The summed E-state index contributed by atoms with van der Waals surface area (Å²) in [6.07, 6.45) is 4.34. The summed E-state index contributed by atoms with van der Waals surface area (Å²) in [5.74, 6) is -1.43. The third-order valence-electron chi connectivity index (χ3n) is 4.42. The summed E-state index contributed by atoms with van der Waals surface area (Å²) < 4.78 is 5.33. The molecule has 23 heavy (non-hydrogen) atoms. The first-order chi connectivity index (χ1) is 11.2. The predicted molar refractivity (Wildman–Crippen MR) is 88.5 cm³/mol. The SMILES string of the molecule is O=C1NC(=S)N(C2CC2)C(=O)[C@@H]1C=NCCC[NH+]1CCOCC1. The van der Waals surface area contributed by atoms with E-state index >= 15 is 0 Å². The first-order valence-corrected chi connectivity index (χ1v) is 8.67. The number of amides is 2. The Labute approximate surface area is 141 Å². The molecule has 0 bridgehead atoms. The topological polar surface area (TPSA) is 75.4 Å². The number of thiocarbonyl (C=S) groups is 1. The van der Waals surface area contributed by atoms with Gasteiger partial charge >= 0.3 is 0 Å². The maximum absolute atomic E-state index is 12.4. The van der Waals surface area contributed by atoms with Crippen LogP contribution in [0.1, 0.15) is 19.3 Å². The van der Waals surface area contributed by atoms with E-state index in [2.05, 4.69) is 10.3 Å². The smallest absolute Gasteiger partial charge is 0.247 e. The minimum atomic E-state index is -0.835. The molecule has 0 aromatic carbocycles. The molecule has 3 aliphatic rings. The molecule has 126 valence electrons. The Bertz CT molecular complexity index is 515. The van der Waals surface area contributed by atoms with Gasteiger partial charge in [0.15, 0.2) is 11.0 Å². The Balaban J connectivity index is 1.46. The molecule has 0 spiro atoms. The molecule has 2 saturated heterocycles. The molecule has 2 heterocycles. The van der Waals surface area contributed by atoms with Crippen LogP contribution in [0.25, 0.3) is 0 Å². The summed E-state index contributed by atoms with van der Waals surface area (Å²) in [4.78, 5) is 31.7. The Morgan fingerprint density at radius 3 is 2.78 bits per heavy atom. The zero-order valence-electron chi connectivity index (χ0n) is 13.1. The lowest BCUT2D eigenvalue weighted by atomic mass is 10.1. The lowest BCUT2D eigenvalue weighted by Crippen LogP contribution is -3.14. The van der Waals surface area contributed by atoms with E-state index < -0.39 is 5.92 Å². The lowest BCUT2D eigenvalue weighted by Gasteiger charge is -2.30. The van der Waals surface area contributed by atoms with E-state index in [4.69, 9.17) is 17.0 Å². The summed E-state index contributed by atoms with van der Waals surface area (Å²) in [6.45, 7) is 5.42. The van der Waals surface area contributed by atoms with E-state index in [1.54, 1.807) is 4.90 Å². The van der Waals surface area contributed by atoms with Gasteiger partial charge in [-0.15, -0.1) is 0 Å². The largest absolute Gasteiger partial charge is 0.370 e. The summed E-state index contributed by atoms with van der Waals surface area (Å²) in [5, 5.41) is 2.85. The van der Waals surface area contributed by atoms with Gasteiger partial charge in [0.05, 0.1) is 19.8 Å².